The Balaban J connectivity index is 3.58. The molecule has 0 heterocycles. The van der Waals surface area contributed by atoms with Crippen molar-refractivity contribution in [3.8, 4) is 0 Å². The molecule has 0 aromatic carbocycles. The summed E-state index contributed by atoms with van der Waals surface area (Å²) in [6.45, 7) is 6.44. The molecule has 3 atom stereocenters. The lowest BCUT2D eigenvalue weighted by atomic mass is 9.94. The van der Waals surface area contributed by atoms with Crippen molar-refractivity contribution in [2.45, 2.75) is 39.7 Å². The highest BCUT2D eigenvalue weighted by atomic mass is 127. The van der Waals surface area contributed by atoms with Gasteiger partial charge in [-0.25, -0.2) is 0 Å². The van der Waals surface area contributed by atoms with Gasteiger partial charge in [-0.05, 0) is 18.3 Å². The molecule has 0 bridgehead atoms. The van der Waals surface area contributed by atoms with E-state index in [1.807, 2.05) is 0 Å². The average molecular weight is 270 g/mol. The molecule has 0 aliphatic heterocycles. The number of halogens is 1. The van der Waals surface area contributed by atoms with Crippen LogP contribution in [0.5, 0.6) is 0 Å². The molecule has 0 aromatic rings. The predicted octanol–water partition coefficient (Wildman–Crippen LogP) is 2.85. The molecule has 0 amide bonds. The van der Waals surface area contributed by atoms with E-state index in [1.165, 1.54) is 0 Å². The van der Waals surface area contributed by atoms with E-state index in [1.54, 1.807) is 0 Å². The zero-order valence-corrected chi connectivity index (χ0v) is 9.84. The summed E-state index contributed by atoms with van der Waals surface area (Å²) in [5.41, 5.74) is 0. The maximum atomic E-state index is 9.62. The van der Waals surface area contributed by atoms with Gasteiger partial charge in [0.15, 0.2) is 0 Å². The Hall–Kier alpha value is 0.690. The molecule has 0 aromatic heterocycles. The summed E-state index contributed by atoms with van der Waals surface area (Å²) in [5, 5.41) is 9.62. The Labute approximate surface area is 83.7 Å². The number of rotatable bonds is 5. The molecule has 1 N–H and O–H groups in total. The Bertz CT molecular complexity index is 95.6. The highest BCUT2D eigenvalue weighted by molar-refractivity contribution is 14.1. The quantitative estimate of drug-likeness (QED) is 0.601. The molecule has 2 heteroatoms. The minimum atomic E-state index is -0.0928. The zero-order chi connectivity index (χ0) is 8.85. The van der Waals surface area contributed by atoms with Crippen LogP contribution < -0.4 is 0 Å². The Morgan fingerprint density at radius 1 is 1.36 bits per heavy atom. The van der Waals surface area contributed by atoms with Gasteiger partial charge in [-0.2, -0.15) is 0 Å². The molecular formula is C9H19IO. The molecule has 0 aliphatic carbocycles. The van der Waals surface area contributed by atoms with E-state index in [0.29, 0.717) is 11.8 Å². The van der Waals surface area contributed by atoms with Crippen LogP contribution in [0.2, 0.25) is 0 Å². The van der Waals surface area contributed by atoms with Gasteiger partial charge in [0.25, 0.3) is 0 Å². The van der Waals surface area contributed by atoms with Crippen molar-refractivity contribution in [1.29, 1.82) is 0 Å². The summed E-state index contributed by atoms with van der Waals surface area (Å²) < 4.78 is 1.14. The summed E-state index contributed by atoms with van der Waals surface area (Å²) in [5.74, 6) is 1.11. The standard InChI is InChI=1S/C9H19IO/c1-4-8(3)9(11)5-7(2)6-10/h7-9,11H,4-6H2,1-3H3. The van der Waals surface area contributed by atoms with Crippen LogP contribution in [0, 0.1) is 11.8 Å². The van der Waals surface area contributed by atoms with Crippen LogP contribution in [0.4, 0.5) is 0 Å². The van der Waals surface area contributed by atoms with Gasteiger partial charge >= 0.3 is 0 Å². The lowest BCUT2D eigenvalue weighted by Crippen LogP contribution is -2.20. The van der Waals surface area contributed by atoms with E-state index in [4.69, 9.17) is 0 Å². The number of aliphatic hydroxyl groups excluding tert-OH is 1. The molecule has 0 rings (SSSR count). The van der Waals surface area contributed by atoms with Crippen LogP contribution in [0.3, 0.4) is 0 Å². The van der Waals surface area contributed by atoms with Crippen molar-refractivity contribution in [3.63, 3.8) is 0 Å². The van der Waals surface area contributed by atoms with E-state index in [2.05, 4.69) is 43.4 Å². The summed E-state index contributed by atoms with van der Waals surface area (Å²) in [6, 6.07) is 0. The first kappa shape index (κ1) is 11.7. The maximum absolute atomic E-state index is 9.62. The molecule has 0 saturated carbocycles. The lowest BCUT2D eigenvalue weighted by molar-refractivity contribution is 0.0938. The molecule has 0 fully saturated rings. The van der Waals surface area contributed by atoms with Crippen molar-refractivity contribution < 1.29 is 5.11 Å². The van der Waals surface area contributed by atoms with Crippen molar-refractivity contribution in [1.82, 2.24) is 0 Å². The first-order valence-corrected chi connectivity index (χ1v) is 5.88. The Morgan fingerprint density at radius 3 is 2.27 bits per heavy atom. The van der Waals surface area contributed by atoms with Gasteiger partial charge in [0.2, 0.25) is 0 Å². The van der Waals surface area contributed by atoms with Crippen molar-refractivity contribution in [3.05, 3.63) is 0 Å². The first-order valence-electron chi connectivity index (χ1n) is 4.35. The van der Waals surface area contributed by atoms with Gasteiger partial charge < -0.3 is 5.11 Å². The van der Waals surface area contributed by atoms with Crippen molar-refractivity contribution in [2.75, 3.05) is 4.43 Å². The van der Waals surface area contributed by atoms with Crippen LogP contribution in [0.1, 0.15) is 33.6 Å². The molecular weight excluding hydrogens is 251 g/mol. The molecule has 3 unspecified atom stereocenters. The van der Waals surface area contributed by atoms with Gasteiger partial charge in [-0.15, -0.1) is 0 Å². The van der Waals surface area contributed by atoms with Crippen LogP contribution in [0.15, 0.2) is 0 Å². The smallest absolute Gasteiger partial charge is 0.0568 e. The fourth-order valence-corrected chi connectivity index (χ4v) is 1.34. The SMILES string of the molecule is CCC(C)C(O)CC(C)CI. The van der Waals surface area contributed by atoms with Crippen LogP contribution in [-0.2, 0) is 0 Å². The molecule has 0 spiro atoms. The Morgan fingerprint density at radius 2 is 1.91 bits per heavy atom. The minimum absolute atomic E-state index is 0.0928. The highest BCUT2D eigenvalue weighted by Crippen LogP contribution is 2.17. The van der Waals surface area contributed by atoms with Gasteiger partial charge in [-0.1, -0.05) is 49.8 Å². The van der Waals surface area contributed by atoms with E-state index >= 15 is 0 Å². The van der Waals surface area contributed by atoms with E-state index in [-0.39, 0.29) is 6.10 Å². The highest BCUT2D eigenvalue weighted by Gasteiger charge is 2.14. The average Bonchev–Trinajstić information content (AvgIpc) is 2.02. The van der Waals surface area contributed by atoms with E-state index < -0.39 is 0 Å². The van der Waals surface area contributed by atoms with Gasteiger partial charge in [0.05, 0.1) is 6.10 Å². The second-order valence-electron chi connectivity index (χ2n) is 3.45. The monoisotopic (exact) mass is 270 g/mol. The summed E-state index contributed by atoms with van der Waals surface area (Å²) in [4.78, 5) is 0. The fraction of sp³-hybridized carbons (Fsp3) is 1.00. The molecule has 11 heavy (non-hydrogen) atoms. The van der Waals surface area contributed by atoms with Crippen LogP contribution >= 0.6 is 22.6 Å². The third-order valence-electron chi connectivity index (χ3n) is 2.21. The number of alkyl halides is 1. The minimum Gasteiger partial charge on any atom is -0.393 e. The van der Waals surface area contributed by atoms with Crippen molar-refractivity contribution >= 4 is 22.6 Å². The summed E-state index contributed by atoms with van der Waals surface area (Å²) in [7, 11) is 0. The largest absolute Gasteiger partial charge is 0.393 e. The topological polar surface area (TPSA) is 20.2 Å². The predicted molar refractivity (Wildman–Crippen MR) is 58.1 cm³/mol. The van der Waals surface area contributed by atoms with E-state index in [0.717, 1.165) is 17.3 Å². The molecule has 68 valence electrons. The maximum Gasteiger partial charge on any atom is 0.0568 e. The fourth-order valence-electron chi connectivity index (χ4n) is 0.980. The number of hydrogen-bond acceptors (Lipinski definition) is 1. The van der Waals surface area contributed by atoms with Gasteiger partial charge in [0.1, 0.15) is 0 Å². The molecule has 0 aliphatic rings. The second kappa shape index (κ2) is 6.23. The summed E-state index contributed by atoms with van der Waals surface area (Å²) >= 11 is 2.37. The number of aliphatic hydroxyl groups is 1. The number of hydrogen-bond donors (Lipinski definition) is 1. The normalized spacial score (nSPS) is 19.4. The van der Waals surface area contributed by atoms with Gasteiger partial charge in [0, 0.05) is 4.43 Å². The van der Waals surface area contributed by atoms with Gasteiger partial charge in [-0.3, -0.25) is 0 Å². The van der Waals surface area contributed by atoms with Crippen molar-refractivity contribution in [2.24, 2.45) is 11.8 Å². The van der Waals surface area contributed by atoms with E-state index in [9.17, 15) is 5.11 Å². The zero-order valence-electron chi connectivity index (χ0n) is 7.68. The second-order valence-corrected chi connectivity index (χ2v) is 4.33. The van der Waals surface area contributed by atoms with Crippen LogP contribution in [0.25, 0.3) is 0 Å². The molecule has 0 saturated heterocycles. The Kier molecular flexibility index (Phi) is 6.62. The lowest BCUT2D eigenvalue weighted by Gasteiger charge is -2.19. The molecule has 1 nitrogen and oxygen atoms in total. The first-order chi connectivity index (χ1) is 5.11. The summed E-state index contributed by atoms with van der Waals surface area (Å²) in [6.07, 6.45) is 1.94. The third-order valence-corrected chi connectivity index (χ3v) is 3.71. The molecule has 0 radical (unpaired) electrons. The van der Waals surface area contributed by atoms with Crippen LogP contribution in [-0.4, -0.2) is 15.6 Å². The third kappa shape index (κ3) is 5.01.